The topological polar surface area (TPSA) is 98.7 Å². The number of anilines is 1. The van der Waals surface area contributed by atoms with Gasteiger partial charge in [-0.25, -0.2) is 0 Å². The zero-order valence-electron chi connectivity index (χ0n) is 14.9. The van der Waals surface area contributed by atoms with Crippen molar-refractivity contribution >= 4 is 23.4 Å². The van der Waals surface area contributed by atoms with E-state index < -0.39 is 29.5 Å². The molecule has 7 heteroatoms. The zero-order chi connectivity index (χ0) is 18.6. The third-order valence-electron chi connectivity index (χ3n) is 5.90. The molecule has 138 valence electrons. The Morgan fingerprint density at radius 3 is 2.65 bits per heavy atom. The normalized spacial score (nSPS) is 33.6. The average Bonchev–Trinajstić information content (AvgIpc) is 3.20. The van der Waals surface area contributed by atoms with Gasteiger partial charge in [0.05, 0.1) is 17.9 Å². The van der Waals surface area contributed by atoms with E-state index in [0.29, 0.717) is 17.8 Å². The summed E-state index contributed by atoms with van der Waals surface area (Å²) in [5.74, 6) is -2.53. The highest BCUT2D eigenvalue weighted by atomic mass is 16.3. The van der Waals surface area contributed by atoms with E-state index in [2.05, 4.69) is 10.6 Å². The predicted molar refractivity (Wildman–Crippen MR) is 94.0 cm³/mol. The number of aliphatic hydroxyl groups excluding tert-OH is 1. The highest BCUT2D eigenvalue weighted by Gasteiger charge is 2.70. The fourth-order valence-electron chi connectivity index (χ4n) is 4.70. The highest BCUT2D eigenvalue weighted by Crippen LogP contribution is 2.53. The lowest BCUT2D eigenvalue weighted by molar-refractivity contribution is -0.143. The molecule has 3 amide bonds. The van der Waals surface area contributed by atoms with Gasteiger partial charge in [0.2, 0.25) is 17.7 Å². The van der Waals surface area contributed by atoms with Gasteiger partial charge in [-0.3, -0.25) is 24.6 Å². The second-order valence-corrected chi connectivity index (χ2v) is 7.40. The van der Waals surface area contributed by atoms with E-state index in [9.17, 15) is 19.5 Å². The first-order valence-corrected chi connectivity index (χ1v) is 9.15. The second-order valence-electron chi connectivity index (χ2n) is 7.40. The van der Waals surface area contributed by atoms with Crippen LogP contribution in [-0.2, 0) is 19.9 Å². The van der Waals surface area contributed by atoms with Crippen LogP contribution in [0.5, 0.6) is 0 Å². The summed E-state index contributed by atoms with van der Waals surface area (Å²) in [5, 5.41) is 16.3. The Balaban J connectivity index is 1.85. The SMILES string of the molecule is CCCCN1C(=O)[C@@H]2[C@H]([C@H](C)O)N[C@@]3(C(=O)Nc4ccccc43)[C@@H]2C1=O. The van der Waals surface area contributed by atoms with Crippen molar-refractivity contribution in [1.29, 1.82) is 0 Å². The van der Waals surface area contributed by atoms with Gasteiger partial charge >= 0.3 is 0 Å². The zero-order valence-corrected chi connectivity index (χ0v) is 14.9. The molecule has 0 aromatic heterocycles. The molecule has 0 unspecified atom stereocenters. The van der Waals surface area contributed by atoms with Crippen molar-refractivity contribution in [3.05, 3.63) is 29.8 Å². The molecule has 3 aliphatic heterocycles. The van der Waals surface area contributed by atoms with Gasteiger partial charge in [0.1, 0.15) is 5.54 Å². The van der Waals surface area contributed by atoms with Gasteiger partial charge in [-0.05, 0) is 19.4 Å². The van der Waals surface area contributed by atoms with Crippen LogP contribution in [0.2, 0.25) is 0 Å². The van der Waals surface area contributed by atoms with Gasteiger partial charge in [-0.1, -0.05) is 31.5 Å². The largest absolute Gasteiger partial charge is 0.392 e. The number of imide groups is 1. The number of likely N-dealkylation sites (tertiary alicyclic amines) is 1. The minimum absolute atomic E-state index is 0.291. The highest BCUT2D eigenvalue weighted by molar-refractivity contribution is 6.15. The summed E-state index contributed by atoms with van der Waals surface area (Å²) >= 11 is 0. The molecule has 2 saturated heterocycles. The Kier molecular flexibility index (Phi) is 3.89. The first kappa shape index (κ1) is 17.2. The molecule has 0 radical (unpaired) electrons. The maximum absolute atomic E-state index is 13.2. The number of carbonyl (C=O) groups excluding carboxylic acids is 3. The summed E-state index contributed by atoms with van der Waals surface area (Å²) < 4.78 is 0. The van der Waals surface area contributed by atoms with Crippen LogP contribution in [0.1, 0.15) is 32.3 Å². The van der Waals surface area contributed by atoms with Crippen LogP contribution in [0.3, 0.4) is 0 Å². The van der Waals surface area contributed by atoms with Gasteiger partial charge in [0.15, 0.2) is 0 Å². The minimum atomic E-state index is -1.31. The second kappa shape index (κ2) is 5.89. The number of rotatable bonds is 4. The van der Waals surface area contributed by atoms with Crippen LogP contribution in [0, 0.1) is 11.8 Å². The van der Waals surface area contributed by atoms with E-state index in [1.165, 1.54) is 4.90 Å². The lowest BCUT2D eigenvalue weighted by atomic mass is 9.76. The van der Waals surface area contributed by atoms with Gasteiger partial charge in [0, 0.05) is 23.8 Å². The number of unbranched alkanes of at least 4 members (excludes halogenated alkanes) is 1. The molecule has 3 heterocycles. The molecule has 1 aromatic rings. The Labute approximate surface area is 151 Å². The molecule has 4 rings (SSSR count). The van der Waals surface area contributed by atoms with E-state index in [0.717, 1.165) is 12.8 Å². The van der Waals surface area contributed by atoms with Crippen molar-refractivity contribution in [2.75, 3.05) is 11.9 Å². The maximum Gasteiger partial charge on any atom is 0.250 e. The summed E-state index contributed by atoms with van der Waals surface area (Å²) in [6.45, 7) is 3.93. The minimum Gasteiger partial charge on any atom is -0.392 e. The first-order chi connectivity index (χ1) is 12.4. The number of nitrogens with zero attached hydrogens (tertiary/aromatic N) is 1. The Morgan fingerprint density at radius 2 is 1.96 bits per heavy atom. The molecule has 1 aromatic carbocycles. The maximum atomic E-state index is 13.2. The lowest BCUT2D eigenvalue weighted by Gasteiger charge is -2.30. The van der Waals surface area contributed by atoms with Crippen LogP contribution in [0.4, 0.5) is 5.69 Å². The standard InChI is InChI=1S/C19H23N3O4/c1-3-4-9-22-16(24)13-14(17(22)25)19(21-15(13)10(2)23)11-7-5-6-8-12(11)20-18(19)26/h5-8,10,13-15,21,23H,3-4,9H2,1-2H3,(H,20,26)/t10-,13-,14-,15-,19+/m0/s1. The van der Waals surface area contributed by atoms with Crippen LogP contribution in [-0.4, -0.2) is 46.4 Å². The van der Waals surface area contributed by atoms with Crippen LogP contribution < -0.4 is 10.6 Å². The lowest BCUT2D eigenvalue weighted by Crippen LogP contribution is -2.54. The molecular weight excluding hydrogens is 334 g/mol. The first-order valence-electron chi connectivity index (χ1n) is 9.15. The molecule has 0 bridgehead atoms. The quantitative estimate of drug-likeness (QED) is 0.685. The molecule has 3 N–H and O–H groups in total. The van der Waals surface area contributed by atoms with Crippen LogP contribution in [0.15, 0.2) is 24.3 Å². The Hall–Kier alpha value is -2.25. The molecule has 0 aliphatic carbocycles. The van der Waals surface area contributed by atoms with E-state index in [1.54, 1.807) is 19.1 Å². The van der Waals surface area contributed by atoms with E-state index in [4.69, 9.17) is 0 Å². The molecule has 2 fully saturated rings. The third kappa shape index (κ3) is 2.04. The molecule has 1 spiro atoms. The number of carbonyl (C=O) groups is 3. The van der Waals surface area contributed by atoms with E-state index >= 15 is 0 Å². The van der Waals surface area contributed by atoms with Crippen molar-refractivity contribution in [1.82, 2.24) is 10.2 Å². The molecule has 26 heavy (non-hydrogen) atoms. The molecule has 5 atom stereocenters. The number of benzene rings is 1. The van der Waals surface area contributed by atoms with Crippen molar-refractivity contribution in [2.24, 2.45) is 11.8 Å². The monoisotopic (exact) mass is 357 g/mol. The number of fused-ring (bicyclic) bond motifs is 4. The number of para-hydroxylation sites is 1. The third-order valence-corrected chi connectivity index (χ3v) is 5.90. The molecule has 7 nitrogen and oxygen atoms in total. The summed E-state index contributed by atoms with van der Waals surface area (Å²) in [4.78, 5) is 40.5. The van der Waals surface area contributed by atoms with Gasteiger partial charge in [-0.2, -0.15) is 0 Å². The summed E-state index contributed by atoms with van der Waals surface area (Å²) in [7, 11) is 0. The number of aliphatic hydroxyl groups is 1. The molecule has 0 saturated carbocycles. The average molecular weight is 357 g/mol. The van der Waals surface area contributed by atoms with Gasteiger partial charge in [-0.15, -0.1) is 0 Å². The number of nitrogens with one attached hydrogen (secondary N) is 2. The van der Waals surface area contributed by atoms with Gasteiger partial charge < -0.3 is 10.4 Å². The van der Waals surface area contributed by atoms with Crippen molar-refractivity contribution in [3.8, 4) is 0 Å². The summed E-state index contributed by atoms with van der Waals surface area (Å²) in [5.41, 5.74) is 0.000255. The molecular formula is C19H23N3O4. The number of hydrogen-bond acceptors (Lipinski definition) is 5. The smallest absolute Gasteiger partial charge is 0.250 e. The number of amides is 3. The fourth-order valence-corrected chi connectivity index (χ4v) is 4.70. The summed E-state index contributed by atoms with van der Waals surface area (Å²) in [6.07, 6.45) is 0.712. The predicted octanol–water partition coefficient (Wildman–Crippen LogP) is 0.588. The van der Waals surface area contributed by atoms with Crippen LogP contribution in [0.25, 0.3) is 0 Å². The number of hydrogen-bond donors (Lipinski definition) is 3. The fraction of sp³-hybridized carbons (Fsp3) is 0.526. The molecule has 3 aliphatic rings. The Morgan fingerprint density at radius 1 is 1.23 bits per heavy atom. The summed E-state index contributed by atoms with van der Waals surface area (Å²) in [6, 6.07) is 6.55. The van der Waals surface area contributed by atoms with E-state index in [-0.39, 0.29) is 17.7 Å². The van der Waals surface area contributed by atoms with E-state index in [1.807, 2.05) is 19.1 Å². The van der Waals surface area contributed by atoms with Gasteiger partial charge in [0.25, 0.3) is 0 Å². The Bertz CT molecular complexity index is 793. The van der Waals surface area contributed by atoms with Crippen LogP contribution >= 0.6 is 0 Å². The van der Waals surface area contributed by atoms with Crippen molar-refractivity contribution in [3.63, 3.8) is 0 Å². The van der Waals surface area contributed by atoms with Crippen molar-refractivity contribution in [2.45, 2.75) is 44.4 Å². The van der Waals surface area contributed by atoms with Crippen molar-refractivity contribution < 1.29 is 19.5 Å².